The van der Waals surface area contributed by atoms with E-state index in [1.54, 1.807) is 12.1 Å². The van der Waals surface area contributed by atoms with Crippen LogP contribution in [0.15, 0.2) is 18.2 Å². The zero-order valence-corrected chi connectivity index (χ0v) is 11.2. The molecule has 1 saturated carbocycles. The van der Waals surface area contributed by atoms with E-state index < -0.39 is 0 Å². The summed E-state index contributed by atoms with van der Waals surface area (Å²) in [5.74, 6) is -0.223. The number of carbonyl (C=O) groups is 1. The second-order valence-electron chi connectivity index (χ2n) is 4.90. The maximum absolute atomic E-state index is 12.1. The zero-order valence-electron chi connectivity index (χ0n) is 10.4. The number of carbonyl (C=O) groups excluding carboxylic acids is 1. The van der Waals surface area contributed by atoms with Crippen molar-refractivity contribution in [3.05, 3.63) is 29.3 Å². The Morgan fingerprint density at radius 2 is 2.11 bits per heavy atom. The number of amides is 1. The number of aryl methyl sites for hydroxylation is 1. The summed E-state index contributed by atoms with van der Waals surface area (Å²) in [4.78, 5) is 12.1. The Labute approximate surface area is 112 Å². The Balaban J connectivity index is 2.07. The molecule has 2 N–H and O–H groups in total. The van der Waals surface area contributed by atoms with Gasteiger partial charge in [0.25, 0.3) is 5.91 Å². The molecule has 2 atom stereocenters. The van der Waals surface area contributed by atoms with Gasteiger partial charge in [-0.1, -0.05) is 18.9 Å². The fraction of sp³-hybridized carbons (Fsp3) is 0.500. The monoisotopic (exact) mass is 267 g/mol. The van der Waals surface area contributed by atoms with Crippen molar-refractivity contribution in [3.63, 3.8) is 0 Å². The molecule has 1 aliphatic carbocycles. The Hall–Kier alpha value is -1.22. The van der Waals surface area contributed by atoms with Gasteiger partial charge in [0.2, 0.25) is 0 Å². The quantitative estimate of drug-likeness (QED) is 0.810. The van der Waals surface area contributed by atoms with Crippen molar-refractivity contribution in [2.75, 3.05) is 0 Å². The lowest BCUT2D eigenvalue weighted by atomic mass is 9.94. The van der Waals surface area contributed by atoms with E-state index in [0.29, 0.717) is 5.56 Å². The minimum atomic E-state index is -0.245. The lowest BCUT2D eigenvalue weighted by molar-refractivity contribution is 0.0926. The highest BCUT2D eigenvalue weighted by molar-refractivity contribution is 6.21. The SMILES string of the molecule is Cc1ccc(C(=O)NC2CCCCC2Cl)c(O)c1. The molecule has 1 aromatic carbocycles. The molecular weight excluding hydrogens is 250 g/mol. The van der Waals surface area contributed by atoms with Crippen molar-refractivity contribution in [1.82, 2.24) is 5.32 Å². The third-order valence-electron chi connectivity index (χ3n) is 3.40. The van der Waals surface area contributed by atoms with E-state index in [9.17, 15) is 9.90 Å². The van der Waals surface area contributed by atoms with E-state index in [1.807, 2.05) is 13.0 Å². The second-order valence-corrected chi connectivity index (χ2v) is 5.46. The van der Waals surface area contributed by atoms with Crippen LogP contribution in [-0.2, 0) is 0 Å². The average Bonchev–Trinajstić information content (AvgIpc) is 2.32. The normalized spacial score (nSPS) is 23.7. The van der Waals surface area contributed by atoms with Gasteiger partial charge in [-0.25, -0.2) is 0 Å². The first-order valence-electron chi connectivity index (χ1n) is 6.32. The van der Waals surface area contributed by atoms with Gasteiger partial charge < -0.3 is 10.4 Å². The molecule has 1 amide bonds. The number of aromatic hydroxyl groups is 1. The van der Waals surface area contributed by atoms with Crippen LogP contribution in [0.4, 0.5) is 0 Å². The molecule has 1 fully saturated rings. The standard InChI is InChI=1S/C14H18ClNO2/c1-9-6-7-10(13(17)8-9)14(18)16-12-5-3-2-4-11(12)15/h6-8,11-12,17H,2-5H2,1H3,(H,16,18). The number of hydrogen-bond donors (Lipinski definition) is 2. The predicted molar refractivity (Wildman–Crippen MR) is 72.2 cm³/mol. The molecule has 0 saturated heterocycles. The third-order valence-corrected chi connectivity index (χ3v) is 3.92. The maximum atomic E-state index is 12.1. The summed E-state index contributed by atoms with van der Waals surface area (Å²) >= 11 is 6.20. The first-order chi connectivity index (χ1) is 8.58. The van der Waals surface area contributed by atoms with Gasteiger partial charge in [-0.15, -0.1) is 11.6 Å². The summed E-state index contributed by atoms with van der Waals surface area (Å²) in [6.45, 7) is 1.87. The van der Waals surface area contributed by atoms with Crippen LogP contribution in [0, 0.1) is 6.92 Å². The largest absolute Gasteiger partial charge is 0.507 e. The number of benzene rings is 1. The van der Waals surface area contributed by atoms with Gasteiger partial charge in [0, 0.05) is 6.04 Å². The summed E-state index contributed by atoms with van der Waals surface area (Å²) in [5.41, 5.74) is 1.24. The molecule has 0 radical (unpaired) electrons. The molecule has 2 unspecified atom stereocenters. The Morgan fingerprint density at radius 1 is 1.39 bits per heavy atom. The predicted octanol–water partition coefficient (Wildman–Crippen LogP) is 2.98. The summed E-state index contributed by atoms with van der Waals surface area (Å²) in [7, 11) is 0. The van der Waals surface area contributed by atoms with Crippen molar-refractivity contribution in [2.45, 2.75) is 44.0 Å². The summed E-state index contributed by atoms with van der Waals surface area (Å²) in [5, 5.41) is 12.7. The van der Waals surface area contributed by atoms with Gasteiger partial charge in [-0.2, -0.15) is 0 Å². The highest BCUT2D eigenvalue weighted by Crippen LogP contribution is 2.24. The summed E-state index contributed by atoms with van der Waals surface area (Å²) < 4.78 is 0. The Morgan fingerprint density at radius 3 is 2.78 bits per heavy atom. The lowest BCUT2D eigenvalue weighted by Gasteiger charge is -2.27. The van der Waals surface area contributed by atoms with Crippen LogP contribution in [0.1, 0.15) is 41.6 Å². The number of phenolic OH excluding ortho intramolecular Hbond substituents is 1. The molecular formula is C14H18ClNO2. The molecule has 0 aliphatic heterocycles. The van der Waals surface area contributed by atoms with Crippen molar-refractivity contribution >= 4 is 17.5 Å². The summed E-state index contributed by atoms with van der Waals surface area (Å²) in [6.07, 6.45) is 4.06. The first kappa shape index (κ1) is 13.2. The van der Waals surface area contributed by atoms with E-state index >= 15 is 0 Å². The van der Waals surface area contributed by atoms with Crippen LogP contribution < -0.4 is 5.32 Å². The van der Waals surface area contributed by atoms with Gasteiger partial charge in [-0.05, 0) is 37.5 Å². The van der Waals surface area contributed by atoms with Gasteiger partial charge in [0.1, 0.15) is 5.75 Å². The molecule has 0 heterocycles. The van der Waals surface area contributed by atoms with Gasteiger partial charge >= 0.3 is 0 Å². The van der Waals surface area contributed by atoms with Crippen LogP contribution in [-0.4, -0.2) is 22.4 Å². The fourth-order valence-electron chi connectivity index (χ4n) is 2.33. The zero-order chi connectivity index (χ0) is 13.1. The molecule has 0 bridgehead atoms. The Bertz CT molecular complexity index is 447. The minimum absolute atomic E-state index is 0.00436. The van der Waals surface area contributed by atoms with Crippen LogP contribution >= 0.6 is 11.6 Å². The molecule has 0 aromatic heterocycles. The van der Waals surface area contributed by atoms with Crippen molar-refractivity contribution in [2.24, 2.45) is 0 Å². The molecule has 98 valence electrons. The van der Waals surface area contributed by atoms with E-state index in [4.69, 9.17) is 11.6 Å². The topological polar surface area (TPSA) is 49.3 Å². The molecule has 2 rings (SSSR count). The van der Waals surface area contributed by atoms with Gasteiger partial charge in [-0.3, -0.25) is 4.79 Å². The first-order valence-corrected chi connectivity index (χ1v) is 6.76. The van der Waals surface area contributed by atoms with Gasteiger partial charge in [0.15, 0.2) is 0 Å². The van der Waals surface area contributed by atoms with E-state index in [2.05, 4.69) is 5.32 Å². The van der Waals surface area contributed by atoms with E-state index in [-0.39, 0.29) is 23.1 Å². The minimum Gasteiger partial charge on any atom is -0.507 e. The molecule has 4 heteroatoms. The number of hydrogen-bond acceptors (Lipinski definition) is 2. The number of nitrogens with one attached hydrogen (secondary N) is 1. The number of rotatable bonds is 2. The van der Waals surface area contributed by atoms with Crippen molar-refractivity contribution < 1.29 is 9.90 Å². The Kier molecular flexibility index (Phi) is 4.12. The molecule has 18 heavy (non-hydrogen) atoms. The highest BCUT2D eigenvalue weighted by atomic mass is 35.5. The number of halogens is 1. The summed E-state index contributed by atoms with van der Waals surface area (Å²) in [6, 6.07) is 5.06. The molecule has 1 aromatic rings. The van der Waals surface area contributed by atoms with Crippen molar-refractivity contribution in [3.8, 4) is 5.75 Å². The highest BCUT2D eigenvalue weighted by Gasteiger charge is 2.25. The number of alkyl halides is 1. The van der Waals surface area contributed by atoms with E-state index in [1.165, 1.54) is 0 Å². The fourth-order valence-corrected chi connectivity index (χ4v) is 2.67. The van der Waals surface area contributed by atoms with Crippen LogP contribution in [0.5, 0.6) is 5.75 Å². The number of phenols is 1. The average molecular weight is 268 g/mol. The van der Waals surface area contributed by atoms with Gasteiger partial charge in [0.05, 0.1) is 10.9 Å². The third kappa shape index (κ3) is 2.96. The van der Waals surface area contributed by atoms with Crippen LogP contribution in [0.3, 0.4) is 0 Å². The lowest BCUT2D eigenvalue weighted by Crippen LogP contribution is -2.42. The molecule has 0 spiro atoms. The molecule has 3 nitrogen and oxygen atoms in total. The van der Waals surface area contributed by atoms with Crippen LogP contribution in [0.25, 0.3) is 0 Å². The smallest absolute Gasteiger partial charge is 0.255 e. The van der Waals surface area contributed by atoms with Crippen molar-refractivity contribution in [1.29, 1.82) is 0 Å². The van der Waals surface area contributed by atoms with Crippen LogP contribution in [0.2, 0.25) is 0 Å². The molecule has 1 aliphatic rings. The van der Waals surface area contributed by atoms with E-state index in [0.717, 1.165) is 31.2 Å². The second kappa shape index (κ2) is 5.61. The maximum Gasteiger partial charge on any atom is 0.255 e.